The van der Waals surface area contributed by atoms with Crippen LogP contribution in [0.1, 0.15) is 25.7 Å². The number of unbranched alkanes of at least 4 members (excludes halogenated alkanes) is 3. The van der Waals surface area contributed by atoms with Crippen LogP contribution in [-0.4, -0.2) is 12.6 Å². The zero-order valence-electron chi connectivity index (χ0n) is 13.7. The van der Waals surface area contributed by atoms with E-state index in [1.807, 2.05) is 48.7 Å². The minimum absolute atomic E-state index is 0.0781. The normalized spacial score (nSPS) is 10.4. The number of guanidine groups is 1. The quantitative estimate of drug-likeness (QED) is 0.316. The number of halogens is 1. The van der Waals surface area contributed by atoms with E-state index in [1.165, 1.54) is 0 Å². The maximum Gasteiger partial charge on any atom is 0.327 e. The number of nitrogens with zero attached hydrogens (tertiary/aromatic N) is 2. The van der Waals surface area contributed by atoms with Gasteiger partial charge in [-0.3, -0.25) is 0 Å². The number of benzene rings is 1. The highest BCUT2D eigenvalue weighted by molar-refractivity contribution is 6.30. The molecule has 1 aromatic heterocycles. The van der Waals surface area contributed by atoms with Crippen LogP contribution in [0.25, 0.3) is 0 Å². The minimum Gasteiger partial charge on any atom is -0.494 e. The van der Waals surface area contributed by atoms with Crippen LogP contribution in [0, 0.1) is 0 Å². The summed E-state index contributed by atoms with van der Waals surface area (Å²) in [7, 11) is 0. The van der Waals surface area contributed by atoms with E-state index >= 15 is 0 Å². The predicted molar refractivity (Wildman–Crippen MR) is 97.5 cm³/mol. The molecule has 0 saturated carbocycles. The Hall–Kier alpha value is -2.27. The van der Waals surface area contributed by atoms with Crippen LogP contribution in [0.5, 0.6) is 5.75 Å². The molecule has 4 N–H and O–H groups in total. The van der Waals surface area contributed by atoms with E-state index in [0.717, 1.165) is 55.4 Å². The highest BCUT2D eigenvalue weighted by Gasteiger charge is 2.08. The van der Waals surface area contributed by atoms with Gasteiger partial charge in [0.1, 0.15) is 5.75 Å². The number of aryl methyl sites for hydroxylation is 1. The van der Waals surface area contributed by atoms with Gasteiger partial charge in [0.2, 0.25) is 0 Å². The summed E-state index contributed by atoms with van der Waals surface area (Å²) >= 11 is 5.84. The maximum absolute atomic E-state index is 5.84. The summed E-state index contributed by atoms with van der Waals surface area (Å²) < 4.78 is 7.74. The molecule has 6 heteroatoms. The first-order chi connectivity index (χ1) is 11.6. The molecule has 2 rings (SSSR count). The molecule has 24 heavy (non-hydrogen) atoms. The predicted octanol–water partition coefficient (Wildman–Crippen LogP) is 3.17. The van der Waals surface area contributed by atoms with Crippen molar-refractivity contribution in [2.24, 2.45) is 16.5 Å². The van der Waals surface area contributed by atoms with Gasteiger partial charge in [-0.25, -0.2) is 4.57 Å². The largest absolute Gasteiger partial charge is 0.494 e. The number of hydrogen-bond acceptors (Lipinski definition) is 2. The van der Waals surface area contributed by atoms with Crippen LogP contribution in [0.4, 0.5) is 5.82 Å². The van der Waals surface area contributed by atoms with Crippen LogP contribution in [0.2, 0.25) is 5.02 Å². The van der Waals surface area contributed by atoms with E-state index < -0.39 is 0 Å². The van der Waals surface area contributed by atoms with Crippen molar-refractivity contribution in [2.75, 3.05) is 6.61 Å². The highest BCUT2D eigenvalue weighted by Crippen LogP contribution is 2.16. The summed E-state index contributed by atoms with van der Waals surface area (Å²) in [6.45, 7) is 1.62. The van der Waals surface area contributed by atoms with Gasteiger partial charge in [0.05, 0.1) is 19.3 Å². The monoisotopic (exact) mass is 347 g/mol. The van der Waals surface area contributed by atoms with Gasteiger partial charge in [-0.1, -0.05) is 17.7 Å². The number of pyridine rings is 1. The summed E-state index contributed by atoms with van der Waals surface area (Å²) in [4.78, 5) is 4.13. The van der Waals surface area contributed by atoms with Crippen molar-refractivity contribution in [3.63, 3.8) is 0 Å². The summed E-state index contributed by atoms with van der Waals surface area (Å²) in [6, 6.07) is 13.3. The zero-order valence-corrected chi connectivity index (χ0v) is 14.5. The average molecular weight is 348 g/mol. The molecule has 0 unspecified atom stereocenters. The van der Waals surface area contributed by atoms with Crippen molar-refractivity contribution in [2.45, 2.75) is 32.2 Å². The molecule has 0 bridgehead atoms. The van der Waals surface area contributed by atoms with Crippen LogP contribution in [0.3, 0.4) is 0 Å². The number of nitrogens with two attached hydrogens (primary N) is 2. The molecule has 128 valence electrons. The molecule has 0 aliphatic heterocycles. The molecule has 0 radical (unpaired) electrons. The first-order valence-corrected chi connectivity index (χ1v) is 8.49. The SMILES string of the molecule is NC(N)=Nc1cccc[n+]1CCCCCCOc1ccc(Cl)cc1. The van der Waals surface area contributed by atoms with Crippen molar-refractivity contribution >= 4 is 23.4 Å². The first-order valence-electron chi connectivity index (χ1n) is 8.11. The van der Waals surface area contributed by atoms with E-state index in [0.29, 0.717) is 0 Å². The molecule has 0 atom stereocenters. The van der Waals surface area contributed by atoms with Gasteiger partial charge in [-0.2, -0.15) is 0 Å². The molecular formula is C18H24ClN4O+. The van der Waals surface area contributed by atoms with Gasteiger partial charge in [-0.05, 0) is 61.0 Å². The molecule has 0 saturated heterocycles. The van der Waals surface area contributed by atoms with Gasteiger partial charge in [0.15, 0.2) is 0 Å². The second-order valence-electron chi connectivity index (χ2n) is 5.51. The van der Waals surface area contributed by atoms with E-state index in [2.05, 4.69) is 9.56 Å². The fraction of sp³-hybridized carbons (Fsp3) is 0.333. The topological polar surface area (TPSA) is 77.5 Å². The van der Waals surface area contributed by atoms with Gasteiger partial charge in [-0.15, -0.1) is 0 Å². The molecule has 5 nitrogen and oxygen atoms in total. The average Bonchev–Trinajstić information content (AvgIpc) is 2.56. The number of hydrogen-bond donors (Lipinski definition) is 2. The standard InChI is InChI=1S/C18H23ClN4O/c19-15-8-10-16(11-9-15)24-14-6-2-1-4-12-23-13-5-3-7-17(23)22-18(20)21/h3,5,7-11,13H,1-2,4,6,12,14H2,(H3,20,21)/p+1. The third kappa shape index (κ3) is 6.46. The van der Waals surface area contributed by atoms with Crippen LogP contribution in [0.15, 0.2) is 53.7 Å². The lowest BCUT2D eigenvalue weighted by atomic mass is 10.2. The molecule has 0 aliphatic carbocycles. The second kappa shape index (κ2) is 9.78. The molecule has 0 aliphatic rings. The molecule has 1 heterocycles. The van der Waals surface area contributed by atoms with Crippen molar-refractivity contribution in [1.29, 1.82) is 0 Å². The highest BCUT2D eigenvalue weighted by atomic mass is 35.5. The van der Waals surface area contributed by atoms with Crippen LogP contribution >= 0.6 is 11.6 Å². The number of aliphatic imine (C=N–C) groups is 1. The Balaban J connectivity index is 1.63. The van der Waals surface area contributed by atoms with Gasteiger partial charge >= 0.3 is 11.8 Å². The minimum atomic E-state index is 0.0781. The third-order valence-corrected chi connectivity index (χ3v) is 3.79. The fourth-order valence-corrected chi connectivity index (χ4v) is 2.47. The smallest absolute Gasteiger partial charge is 0.327 e. The number of aromatic nitrogens is 1. The molecule has 0 amide bonds. The summed E-state index contributed by atoms with van der Waals surface area (Å²) in [6.07, 6.45) is 6.35. The Bertz CT molecular complexity index is 654. The lowest BCUT2D eigenvalue weighted by molar-refractivity contribution is -0.684. The Labute approximate surface area is 147 Å². The third-order valence-electron chi connectivity index (χ3n) is 3.54. The number of rotatable bonds is 9. The van der Waals surface area contributed by atoms with E-state index in [-0.39, 0.29) is 5.96 Å². The number of ether oxygens (including phenoxy) is 1. The Morgan fingerprint density at radius 2 is 1.75 bits per heavy atom. The van der Waals surface area contributed by atoms with E-state index in [1.54, 1.807) is 0 Å². The van der Waals surface area contributed by atoms with E-state index in [4.69, 9.17) is 27.8 Å². The van der Waals surface area contributed by atoms with Gasteiger partial charge < -0.3 is 16.2 Å². The molecular weight excluding hydrogens is 324 g/mol. The van der Waals surface area contributed by atoms with Crippen molar-refractivity contribution in [3.8, 4) is 5.75 Å². The lowest BCUT2D eigenvalue weighted by Crippen LogP contribution is -2.34. The molecule has 0 fully saturated rings. The van der Waals surface area contributed by atoms with Crippen molar-refractivity contribution in [3.05, 3.63) is 53.7 Å². The van der Waals surface area contributed by atoms with Crippen LogP contribution < -0.4 is 20.8 Å². The van der Waals surface area contributed by atoms with Gasteiger partial charge in [0, 0.05) is 11.1 Å². The molecule has 1 aromatic carbocycles. The van der Waals surface area contributed by atoms with Crippen molar-refractivity contribution in [1.82, 2.24) is 0 Å². The Morgan fingerprint density at radius 3 is 2.50 bits per heavy atom. The molecule has 0 spiro atoms. The summed E-state index contributed by atoms with van der Waals surface area (Å²) in [5, 5.41) is 0.723. The Morgan fingerprint density at radius 1 is 1.00 bits per heavy atom. The van der Waals surface area contributed by atoms with Crippen LogP contribution in [-0.2, 0) is 6.54 Å². The second-order valence-corrected chi connectivity index (χ2v) is 5.94. The lowest BCUT2D eigenvalue weighted by Gasteiger charge is -2.06. The summed E-state index contributed by atoms with van der Waals surface area (Å²) in [5.74, 6) is 1.72. The maximum atomic E-state index is 5.84. The Kier molecular flexibility index (Phi) is 7.36. The van der Waals surface area contributed by atoms with E-state index in [9.17, 15) is 0 Å². The zero-order chi connectivity index (χ0) is 17.2. The summed E-state index contributed by atoms with van der Waals surface area (Å²) in [5.41, 5.74) is 10.9. The van der Waals surface area contributed by atoms with Gasteiger partial charge in [0.25, 0.3) is 0 Å². The molecule has 2 aromatic rings. The first kappa shape index (κ1) is 18.1. The van der Waals surface area contributed by atoms with Crippen molar-refractivity contribution < 1.29 is 9.30 Å². The fourth-order valence-electron chi connectivity index (χ4n) is 2.35.